The van der Waals surface area contributed by atoms with Gasteiger partial charge >= 0.3 is 0 Å². The molecule has 2 rings (SSSR count). The van der Waals surface area contributed by atoms with Crippen LogP contribution in [0.25, 0.3) is 0 Å². The first-order valence-electron chi connectivity index (χ1n) is 9.31. The quantitative estimate of drug-likeness (QED) is 0.626. The molecule has 2 aromatic rings. The van der Waals surface area contributed by atoms with E-state index in [0.29, 0.717) is 22.6 Å². The molecule has 2 aromatic carbocycles. The van der Waals surface area contributed by atoms with Crippen molar-refractivity contribution in [2.24, 2.45) is 0 Å². The Kier molecular flexibility index (Phi) is 7.99. The minimum absolute atomic E-state index is 0.0640. The Hall–Kier alpha value is -1.74. The number of rotatable bonds is 8. The van der Waals surface area contributed by atoms with Gasteiger partial charge in [-0.05, 0) is 66.2 Å². The molecule has 0 aliphatic carbocycles. The van der Waals surface area contributed by atoms with Crippen molar-refractivity contribution in [2.75, 3.05) is 21.1 Å². The average Bonchev–Trinajstić information content (AvgIpc) is 2.66. The van der Waals surface area contributed by atoms with Crippen molar-refractivity contribution in [3.05, 3.63) is 63.6 Å². The molecule has 8 heteroatoms. The Morgan fingerprint density at radius 2 is 1.69 bits per heavy atom. The summed E-state index contributed by atoms with van der Waals surface area (Å²) < 4.78 is 26.5. The van der Waals surface area contributed by atoms with Crippen molar-refractivity contribution < 1.29 is 13.2 Å². The summed E-state index contributed by atoms with van der Waals surface area (Å²) in [4.78, 5) is 15.0. The van der Waals surface area contributed by atoms with Gasteiger partial charge in [0.05, 0.1) is 4.90 Å². The Morgan fingerprint density at radius 1 is 1.07 bits per heavy atom. The summed E-state index contributed by atoms with van der Waals surface area (Å²) in [6.45, 7) is 5.43. The van der Waals surface area contributed by atoms with Gasteiger partial charge in [-0.2, -0.15) is 0 Å². The predicted molar refractivity (Wildman–Crippen MR) is 119 cm³/mol. The fourth-order valence-electron chi connectivity index (χ4n) is 2.65. The molecular weight excluding hydrogens is 454 g/mol. The van der Waals surface area contributed by atoms with E-state index in [2.05, 4.69) is 53.1 Å². The molecule has 0 unspecified atom stereocenters. The monoisotopic (exact) mass is 481 g/mol. The van der Waals surface area contributed by atoms with Crippen LogP contribution in [0.5, 0.6) is 0 Å². The highest BCUT2D eigenvalue weighted by atomic mass is 79.9. The number of carbonyl (C=O) groups is 1. The van der Waals surface area contributed by atoms with Gasteiger partial charge in [0.1, 0.15) is 0 Å². The predicted octanol–water partition coefficient (Wildman–Crippen LogP) is 3.47. The lowest BCUT2D eigenvalue weighted by molar-refractivity contribution is 0.0950. The normalized spacial score (nSPS) is 12.0. The molecule has 0 aromatic heterocycles. The van der Waals surface area contributed by atoms with Crippen LogP contribution in [0.2, 0.25) is 0 Å². The average molecular weight is 482 g/mol. The van der Waals surface area contributed by atoms with Gasteiger partial charge in [-0.25, -0.2) is 12.7 Å². The van der Waals surface area contributed by atoms with E-state index in [1.54, 1.807) is 12.1 Å². The minimum atomic E-state index is -3.66. The van der Waals surface area contributed by atoms with Crippen LogP contribution in [0.3, 0.4) is 0 Å². The summed E-state index contributed by atoms with van der Waals surface area (Å²) in [7, 11) is 1.32. The number of amides is 1. The number of hydrogen-bond acceptors (Lipinski definition) is 4. The second-order valence-electron chi connectivity index (χ2n) is 7.39. The molecule has 0 radical (unpaired) electrons. The number of carbonyl (C=O) groups excluding carboxylic acids is 1. The van der Waals surface area contributed by atoms with Crippen LogP contribution >= 0.6 is 15.9 Å². The Balaban J connectivity index is 2.19. The summed E-state index contributed by atoms with van der Waals surface area (Å²) >= 11 is 3.26. The highest BCUT2D eigenvalue weighted by molar-refractivity contribution is 9.10. The second-order valence-corrected chi connectivity index (χ2v) is 10.4. The molecule has 6 nitrogen and oxygen atoms in total. The summed E-state index contributed by atoms with van der Waals surface area (Å²) in [5.74, 6) is -0.320. The van der Waals surface area contributed by atoms with Crippen LogP contribution in [-0.4, -0.2) is 50.7 Å². The highest BCUT2D eigenvalue weighted by Gasteiger charge is 2.22. The molecule has 1 N–H and O–H groups in total. The van der Waals surface area contributed by atoms with Gasteiger partial charge in [0.15, 0.2) is 0 Å². The minimum Gasteiger partial charge on any atom is -0.348 e. The van der Waals surface area contributed by atoms with Crippen LogP contribution in [0.4, 0.5) is 0 Å². The third-order valence-corrected chi connectivity index (χ3v) is 7.62. The molecule has 1 amide bonds. The molecule has 0 saturated carbocycles. The van der Waals surface area contributed by atoms with Crippen LogP contribution in [-0.2, 0) is 23.1 Å². The van der Waals surface area contributed by atoms with Crippen LogP contribution in [0.1, 0.15) is 35.3 Å². The summed E-state index contributed by atoms with van der Waals surface area (Å²) in [5, 5.41) is 2.90. The fourth-order valence-corrected chi connectivity index (χ4v) is 4.50. The lowest BCUT2D eigenvalue weighted by Crippen LogP contribution is -2.28. The smallest absolute Gasteiger partial charge is 0.251 e. The first kappa shape index (κ1) is 23.5. The molecule has 0 spiro atoms. The van der Waals surface area contributed by atoms with E-state index >= 15 is 0 Å². The lowest BCUT2D eigenvalue weighted by Gasteiger charge is -2.22. The number of sulfonamides is 1. The van der Waals surface area contributed by atoms with Gasteiger partial charge in [0.2, 0.25) is 10.0 Å². The van der Waals surface area contributed by atoms with Crippen molar-refractivity contribution in [2.45, 2.75) is 37.9 Å². The zero-order valence-electron chi connectivity index (χ0n) is 17.4. The van der Waals surface area contributed by atoms with Gasteiger partial charge in [0.25, 0.3) is 5.91 Å². The zero-order chi connectivity index (χ0) is 21.8. The number of halogens is 1. The third kappa shape index (κ3) is 5.88. The van der Waals surface area contributed by atoms with E-state index in [-0.39, 0.29) is 10.8 Å². The molecule has 0 fully saturated rings. The maximum atomic E-state index is 12.7. The van der Waals surface area contributed by atoms with Crippen molar-refractivity contribution in [1.82, 2.24) is 14.5 Å². The van der Waals surface area contributed by atoms with Gasteiger partial charge in [0, 0.05) is 43.3 Å². The molecular formula is C21H28BrN3O3S. The van der Waals surface area contributed by atoms with E-state index < -0.39 is 10.0 Å². The van der Waals surface area contributed by atoms with Gasteiger partial charge < -0.3 is 5.32 Å². The molecule has 0 aliphatic heterocycles. The number of nitrogens with one attached hydrogen (secondary N) is 1. The summed E-state index contributed by atoms with van der Waals surface area (Å²) in [5.41, 5.74) is 2.48. The van der Waals surface area contributed by atoms with Gasteiger partial charge in [-0.3, -0.25) is 9.69 Å². The van der Waals surface area contributed by atoms with Crippen molar-refractivity contribution in [3.63, 3.8) is 0 Å². The van der Waals surface area contributed by atoms with Crippen LogP contribution in [0.15, 0.2) is 51.8 Å². The van der Waals surface area contributed by atoms with E-state index in [1.165, 1.54) is 20.2 Å². The first-order chi connectivity index (χ1) is 13.5. The van der Waals surface area contributed by atoms with E-state index in [9.17, 15) is 13.2 Å². The Labute approximate surface area is 182 Å². The Morgan fingerprint density at radius 3 is 2.28 bits per heavy atom. The first-order valence-corrected chi connectivity index (χ1v) is 11.5. The standard InChI is InChI=1S/C21H28BrN3O3S/c1-15(2)25(5)14-18-9-7-6-8-17(18)13-23-21(26)16-10-11-19(22)20(12-16)29(27,28)24(3)4/h6-12,15H,13-14H2,1-5H3,(H,23,26). The third-order valence-electron chi connectivity index (χ3n) is 4.81. The van der Waals surface area contributed by atoms with Crippen molar-refractivity contribution in [1.29, 1.82) is 0 Å². The van der Waals surface area contributed by atoms with Gasteiger partial charge in [-0.1, -0.05) is 24.3 Å². The molecule has 0 heterocycles. The van der Waals surface area contributed by atoms with Gasteiger partial charge in [-0.15, -0.1) is 0 Å². The van der Waals surface area contributed by atoms with Crippen LogP contribution < -0.4 is 5.32 Å². The van der Waals surface area contributed by atoms with Crippen molar-refractivity contribution >= 4 is 31.9 Å². The molecule has 0 saturated heterocycles. The summed E-state index contributed by atoms with van der Waals surface area (Å²) in [6.07, 6.45) is 0. The second kappa shape index (κ2) is 9.84. The van der Waals surface area contributed by atoms with E-state index in [0.717, 1.165) is 22.0 Å². The number of benzene rings is 2. The number of hydrogen-bond donors (Lipinski definition) is 1. The highest BCUT2D eigenvalue weighted by Crippen LogP contribution is 2.25. The largest absolute Gasteiger partial charge is 0.348 e. The molecule has 29 heavy (non-hydrogen) atoms. The zero-order valence-corrected chi connectivity index (χ0v) is 19.8. The molecule has 0 aliphatic rings. The SMILES string of the molecule is CC(C)N(C)Cc1ccccc1CNC(=O)c1ccc(Br)c(S(=O)(=O)N(C)C)c1. The van der Waals surface area contributed by atoms with E-state index in [1.807, 2.05) is 18.2 Å². The molecule has 0 bridgehead atoms. The summed E-state index contributed by atoms with van der Waals surface area (Å²) in [6, 6.07) is 13.0. The lowest BCUT2D eigenvalue weighted by atomic mass is 10.1. The molecule has 158 valence electrons. The maximum Gasteiger partial charge on any atom is 0.251 e. The Bertz CT molecular complexity index is 975. The van der Waals surface area contributed by atoms with Crippen LogP contribution in [0, 0.1) is 0 Å². The topological polar surface area (TPSA) is 69.7 Å². The number of nitrogens with zero attached hydrogens (tertiary/aromatic N) is 2. The van der Waals surface area contributed by atoms with E-state index in [4.69, 9.17) is 0 Å². The van der Waals surface area contributed by atoms with Crippen molar-refractivity contribution in [3.8, 4) is 0 Å². The maximum absolute atomic E-state index is 12.7. The fraction of sp³-hybridized carbons (Fsp3) is 0.381. The molecule has 0 atom stereocenters.